The molecule has 1 unspecified atom stereocenters. The lowest BCUT2D eigenvalue weighted by atomic mass is 9.98. The summed E-state index contributed by atoms with van der Waals surface area (Å²) in [6, 6.07) is 11.4. The van der Waals surface area contributed by atoms with Crippen molar-refractivity contribution in [2.45, 2.75) is 19.4 Å². The van der Waals surface area contributed by atoms with Crippen molar-refractivity contribution in [3.05, 3.63) is 52.2 Å². The highest BCUT2D eigenvalue weighted by Gasteiger charge is 2.20. The van der Waals surface area contributed by atoms with E-state index >= 15 is 0 Å². The molecule has 1 atom stereocenters. The van der Waals surface area contributed by atoms with Crippen molar-refractivity contribution in [3.8, 4) is 0 Å². The van der Waals surface area contributed by atoms with E-state index in [1.165, 1.54) is 17.7 Å². The van der Waals surface area contributed by atoms with E-state index in [4.69, 9.17) is 5.73 Å². The predicted molar refractivity (Wildman–Crippen MR) is 110 cm³/mol. The van der Waals surface area contributed by atoms with Gasteiger partial charge in [0.15, 0.2) is 0 Å². The fourth-order valence-corrected chi connectivity index (χ4v) is 3.85. The molecule has 138 valence electrons. The van der Waals surface area contributed by atoms with Crippen LogP contribution in [0, 0.1) is 5.92 Å². The molecule has 0 saturated carbocycles. The van der Waals surface area contributed by atoms with Crippen molar-refractivity contribution in [3.63, 3.8) is 0 Å². The van der Waals surface area contributed by atoms with Crippen LogP contribution in [-0.2, 0) is 6.54 Å². The number of thiophene rings is 1. The number of likely N-dealkylation sites (tertiary alicyclic amines) is 1. The first-order valence-corrected chi connectivity index (χ1v) is 8.97. The molecule has 25 heavy (non-hydrogen) atoms. The molecule has 1 aromatic heterocycles. The minimum Gasteiger partial charge on any atom is -0.399 e. The van der Waals surface area contributed by atoms with Crippen molar-refractivity contribution in [2.75, 3.05) is 25.4 Å². The Morgan fingerprint density at radius 1 is 1.28 bits per heavy atom. The minimum absolute atomic E-state index is 0. The van der Waals surface area contributed by atoms with E-state index in [1.54, 1.807) is 18.2 Å². The van der Waals surface area contributed by atoms with Gasteiger partial charge in [-0.1, -0.05) is 12.1 Å². The van der Waals surface area contributed by atoms with Gasteiger partial charge in [0.1, 0.15) is 0 Å². The van der Waals surface area contributed by atoms with Crippen LogP contribution in [0.25, 0.3) is 0 Å². The minimum atomic E-state index is -0.0346. The number of carbonyl (C=O) groups excluding carboxylic acids is 1. The van der Waals surface area contributed by atoms with Crippen LogP contribution in [0.1, 0.15) is 28.1 Å². The molecule has 1 aliphatic rings. The lowest BCUT2D eigenvalue weighted by Gasteiger charge is -2.32. The highest BCUT2D eigenvalue weighted by Crippen LogP contribution is 2.20. The summed E-state index contributed by atoms with van der Waals surface area (Å²) < 4.78 is 0. The molecule has 0 aliphatic carbocycles. The number of amides is 1. The number of hydrogen-bond acceptors (Lipinski definition) is 4. The highest BCUT2D eigenvalue weighted by molar-refractivity contribution is 7.09. The second-order valence-corrected chi connectivity index (χ2v) is 7.19. The topological polar surface area (TPSA) is 58.4 Å². The number of piperidine rings is 1. The van der Waals surface area contributed by atoms with Gasteiger partial charge in [-0.3, -0.25) is 9.69 Å². The fraction of sp³-hybridized carbons (Fsp3) is 0.389. The second-order valence-electron chi connectivity index (χ2n) is 6.16. The number of nitrogen functional groups attached to an aromatic ring is 1. The van der Waals surface area contributed by atoms with Gasteiger partial charge in [0, 0.05) is 35.8 Å². The van der Waals surface area contributed by atoms with Crippen LogP contribution >= 0.6 is 36.2 Å². The monoisotopic (exact) mass is 401 g/mol. The molecule has 3 rings (SSSR count). The maximum atomic E-state index is 12.2. The SMILES string of the molecule is Cl.Cl.Nc1cccc(C(=O)NCC2CCCN(Cc3cccs3)C2)c1. The summed E-state index contributed by atoms with van der Waals surface area (Å²) in [6.07, 6.45) is 2.38. The van der Waals surface area contributed by atoms with Crippen molar-refractivity contribution in [1.82, 2.24) is 10.2 Å². The molecule has 1 aliphatic heterocycles. The molecule has 1 fully saturated rings. The molecule has 4 nitrogen and oxygen atoms in total. The number of nitrogens with zero attached hydrogens (tertiary/aromatic N) is 1. The van der Waals surface area contributed by atoms with E-state index in [1.807, 2.05) is 17.4 Å². The third-order valence-electron chi connectivity index (χ3n) is 4.26. The van der Waals surface area contributed by atoms with E-state index in [9.17, 15) is 4.79 Å². The molecule has 1 amide bonds. The lowest BCUT2D eigenvalue weighted by molar-refractivity contribution is 0.0931. The zero-order valence-electron chi connectivity index (χ0n) is 14.0. The van der Waals surface area contributed by atoms with Crippen LogP contribution in [0.2, 0.25) is 0 Å². The number of rotatable bonds is 5. The molecule has 0 spiro atoms. The molecule has 2 aromatic rings. The fourth-order valence-electron chi connectivity index (χ4n) is 3.10. The van der Waals surface area contributed by atoms with E-state index in [2.05, 4.69) is 27.7 Å². The van der Waals surface area contributed by atoms with E-state index in [-0.39, 0.29) is 30.7 Å². The number of benzene rings is 1. The maximum absolute atomic E-state index is 12.2. The van der Waals surface area contributed by atoms with Gasteiger partial charge >= 0.3 is 0 Å². The Labute approximate surface area is 165 Å². The summed E-state index contributed by atoms with van der Waals surface area (Å²) in [4.78, 5) is 16.1. The zero-order valence-corrected chi connectivity index (χ0v) is 16.5. The van der Waals surface area contributed by atoms with Crippen molar-refractivity contribution >= 4 is 47.7 Å². The highest BCUT2D eigenvalue weighted by atomic mass is 35.5. The number of carbonyl (C=O) groups is 1. The van der Waals surface area contributed by atoms with Gasteiger partial charge in [0.25, 0.3) is 5.91 Å². The van der Waals surface area contributed by atoms with Crippen molar-refractivity contribution in [2.24, 2.45) is 5.92 Å². The van der Waals surface area contributed by atoms with E-state index in [0.717, 1.165) is 26.2 Å². The summed E-state index contributed by atoms with van der Waals surface area (Å²) in [5.41, 5.74) is 6.99. The van der Waals surface area contributed by atoms with E-state index in [0.29, 0.717) is 17.2 Å². The first-order valence-electron chi connectivity index (χ1n) is 8.09. The third-order valence-corrected chi connectivity index (χ3v) is 5.12. The van der Waals surface area contributed by atoms with Crippen molar-refractivity contribution < 1.29 is 4.79 Å². The van der Waals surface area contributed by atoms with Gasteiger partial charge in [-0.2, -0.15) is 0 Å². The van der Waals surface area contributed by atoms with Crippen LogP contribution < -0.4 is 11.1 Å². The number of halogens is 2. The standard InChI is InChI=1S/C18H23N3OS.2ClH/c19-16-6-1-5-15(10-16)18(22)20-11-14-4-2-8-21(12-14)13-17-7-3-9-23-17;;/h1,3,5-7,9-10,14H,2,4,8,11-13,19H2,(H,20,22);2*1H. The number of anilines is 1. The Morgan fingerprint density at radius 2 is 2.12 bits per heavy atom. The van der Waals surface area contributed by atoms with Crippen molar-refractivity contribution in [1.29, 1.82) is 0 Å². The molecule has 0 bridgehead atoms. The van der Waals surface area contributed by atoms with Gasteiger partial charge < -0.3 is 11.1 Å². The van der Waals surface area contributed by atoms with Gasteiger partial charge in [-0.25, -0.2) is 0 Å². The third kappa shape index (κ3) is 6.51. The largest absolute Gasteiger partial charge is 0.399 e. The molecule has 7 heteroatoms. The number of nitrogens with one attached hydrogen (secondary N) is 1. The summed E-state index contributed by atoms with van der Waals surface area (Å²) in [5.74, 6) is 0.487. The Kier molecular flexibility index (Phi) is 9.28. The molecule has 3 N–H and O–H groups in total. The molecule has 0 radical (unpaired) electrons. The van der Waals surface area contributed by atoms with Gasteiger partial charge in [0.05, 0.1) is 0 Å². The van der Waals surface area contributed by atoms with Crippen LogP contribution in [0.15, 0.2) is 41.8 Å². The first-order chi connectivity index (χ1) is 11.2. The Bertz CT molecular complexity index is 652. The predicted octanol–water partition coefficient (Wildman–Crippen LogP) is 3.82. The molecular formula is C18H25Cl2N3OS. The second kappa shape index (κ2) is 10.7. The van der Waals surface area contributed by atoms with Crippen LogP contribution in [0.4, 0.5) is 5.69 Å². The number of nitrogens with two attached hydrogens (primary N) is 1. The Morgan fingerprint density at radius 3 is 2.84 bits per heavy atom. The zero-order chi connectivity index (χ0) is 16.1. The summed E-state index contributed by atoms with van der Waals surface area (Å²) in [7, 11) is 0. The average molecular weight is 402 g/mol. The first kappa shape index (κ1) is 21.8. The Balaban J connectivity index is 0.00000156. The molecule has 2 heterocycles. The Hall–Kier alpha value is -1.27. The summed E-state index contributed by atoms with van der Waals surface area (Å²) in [5, 5.41) is 5.18. The number of hydrogen-bond donors (Lipinski definition) is 2. The molecular weight excluding hydrogens is 377 g/mol. The van der Waals surface area contributed by atoms with Gasteiger partial charge in [-0.15, -0.1) is 36.2 Å². The molecule has 1 aromatic carbocycles. The van der Waals surface area contributed by atoms with Crippen LogP contribution in [0.5, 0.6) is 0 Å². The normalized spacial score (nSPS) is 17.2. The lowest BCUT2D eigenvalue weighted by Crippen LogP contribution is -2.40. The van der Waals surface area contributed by atoms with Gasteiger partial charge in [0.2, 0.25) is 0 Å². The van der Waals surface area contributed by atoms with E-state index < -0.39 is 0 Å². The van der Waals surface area contributed by atoms with Crippen LogP contribution in [0.3, 0.4) is 0 Å². The maximum Gasteiger partial charge on any atom is 0.251 e. The summed E-state index contributed by atoms with van der Waals surface area (Å²) in [6.45, 7) is 3.96. The molecule has 1 saturated heterocycles. The van der Waals surface area contributed by atoms with Gasteiger partial charge in [-0.05, 0) is 54.9 Å². The quantitative estimate of drug-likeness (QED) is 0.748. The van der Waals surface area contributed by atoms with Crippen LogP contribution in [-0.4, -0.2) is 30.4 Å². The summed E-state index contributed by atoms with van der Waals surface area (Å²) >= 11 is 1.81. The average Bonchev–Trinajstić information content (AvgIpc) is 3.06. The smallest absolute Gasteiger partial charge is 0.251 e.